The average molecular weight is 215 g/mol. The molecule has 0 aliphatic rings. The first kappa shape index (κ1) is 9.95. The van der Waals surface area contributed by atoms with Gasteiger partial charge < -0.3 is 4.98 Å². The summed E-state index contributed by atoms with van der Waals surface area (Å²) >= 11 is 0. The molecule has 0 bridgehead atoms. The highest BCUT2D eigenvalue weighted by atomic mass is 19.4. The summed E-state index contributed by atoms with van der Waals surface area (Å²) in [4.78, 5) is 10.5. The molecule has 0 fully saturated rings. The molecule has 2 rings (SSSR count). The Kier molecular flexibility index (Phi) is 2.13. The second kappa shape index (κ2) is 3.22. The molecule has 0 amide bonds. The van der Waals surface area contributed by atoms with Gasteiger partial charge in [-0.05, 0) is 6.07 Å². The van der Waals surface area contributed by atoms with Crippen molar-refractivity contribution in [2.45, 2.75) is 19.5 Å². The van der Waals surface area contributed by atoms with Crippen LogP contribution in [0.4, 0.5) is 13.2 Å². The van der Waals surface area contributed by atoms with Gasteiger partial charge in [-0.15, -0.1) is 0 Å². The van der Waals surface area contributed by atoms with E-state index < -0.39 is 11.7 Å². The van der Waals surface area contributed by atoms with E-state index in [0.717, 1.165) is 12.3 Å². The number of aryl methyl sites for hydroxylation is 1. The predicted molar refractivity (Wildman–Crippen MR) is 48.3 cm³/mol. The molecular formula is C9H8F3N3. The highest BCUT2D eigenvalue weighted by Crippen LogP contribution is 2.29. The lowest BCUT2D eigenvalue weighted by Gasteiger charge is -2.04. The monoisotopic (exact) mass is 215 g/mol. The largest absolute Gasteiger partial charge is 0.417 e. The van der Waals surface area contributed by atoms with E-state index in [1.54, 1.807) is 0 Å². The maximum atomic E-state index is 12.3. The fourth-order valence-corrected chi connectivity index (χ4v) is 1.27. The van der Waals surface area contributed by atoms with Crippen molar-refractivity contribution in [2.75, 3.05) is 0 Å². The van der Waals surface area contributed by atoms with Crippen LogP contribution in [0.3, 0.4) is 0 Å². The quantitative estimate of drug-likeness (QED) is 0.794. The maximum absolute atomic E-state index is 12.3. The Bertz CT molecular complexity index is 487. The highest BCUT2D eigenvalue weighted by Gasteiger charge is 2.31. The molecule has 0 unspecified atom stereocenters. The molecule has 15 heavy (non-hydrogen) atoms. The minimum absolute atomic E-state index is 0.252. The number of rotatable bonds is 1. The van der Waals surface area contributed by atoms with Gasteiger partial charge >= 0.3 is 6.18 Å². The van der Waals surface area contributed by atoms with Crippen molar-refractivity contribution >= 4 is 11.2 Å². The van der Waals surface area contributed by atoms with E-state index in [2.05, 4.69) is 15.0 Å². The summed E-state index contributed by atoms with van der Waals surface area (Å²) in [6.45, 7) is 1.86. The van der Waals surface area contributed by atoms with Gasteiger partial charge in [-0.2, -0.15) is 13.2 Å². The second-order valence-corrected chi connectivity index (χ2v) is 3.13. The number of aromatic amines is 1. The predicted octanol–water partition coefficient (Wildman–Crippen LogP) is 2.54. The van der Waals surface area contributed by atoms with Gasteiger partial charge in [0, 0.05) is 12.6 Å². The number of H-pyrrole nitrogens is 1. The van der Waals surface area contributed by atoms with Crippen molar-refractivity contribution in [3.8, 4) is 0 Å². The lowest BCUT2D eigenvalue weighted by atomic mass is 10.2. The number of pyridine rings is 1. The first-order valence-corrected chi connectivity index (χ1v) is 4.42. The first-order valence-electron chi connectivity index (χ1n) is 4.42. The fraction of sp³-hybridized carbons (Fsp3) is 0.333. The van der Waals surface area contributed by atoms with Gasteiger partial charge in [-0.3, -0.25) is 0 Å². The van der Waals surface area contributed by atoms with E-state index in [1.165, 1.54) is 0 Å². The van der Waals surface area contributed by atoms with Crippen LogP contribution >= 0.6 is 0 Å². The zero-order valence-corrected chi connectivity index (χ0v) is 7.89. The molecule has 2 aromatic rings. The van der Waals surface area contributed by atoms with Crippen LogP contribution < -0.4 is 0 Å². The zero-order chi connectivity index (χ0) is 11.1. The third-order valence-electron chi connectivity index (χ3n) is 2.05. The summed E-state index contributed by atoms with van der Waals surface area (Å²) in [5.41, 5.74) is -0.134. The molecule has 0 saturated heterocycles. The normalized spacial score (nSPS) is 12.3. The third kappa shape index (κ3) is 1.79. The van der Waals surface area contributed by atoms with Crippen LogP contribution in [0.1, 0.15) is 18.3 Å². The third-order valence-corrected chi connectivity index (χ3v) is 2.05. The van der Waals surface area contributed by atoms with E-state index in [0.29, 0.717) is 17.9 Å². The number of halogens is 3. The van der Waals surface area contributed by atoms with Gasteiger partial charge in [-0.1, -0.05) is 6.92 Å². The van der Waals surface area contributed by atoms with Gasteiger partial charge in [0.25, 0.3) is 0 Å². The minimum Gasteiger partial charge on any atom is -0.327 e. The molecule has 0 aromatic carbocycles. The summed E-state index contributed by atoms with van der Waals surface area (Å²) < 4.78 is 37.0. The molecule has 0 aliphatic carbocycles. The van der Waals surface area contributed by atoms with Crippen LogP contribution in [-0.4, -0.2) is 15.0 Å². The van der Waals surface area contributed by atoms with Crippen LogP contribution in [0.25, 0.3) is 11.2 Å². The Morgan fingerprint density at radius 3 is 2.73 bits per heavy atom. The lowest BCUT2D eigenvalue weighted by Crippen LogP contribution is -2.05. The number of hydrogen-bond acceptors (Lipinski definition) is 2. The van der Waals surface area contributed by atoms with Crippen LogP contribution in [0.15, 0.2) is 12.3 Å². The molecule has 0 aliphatic heterocycles. The Balaban J connectivity index is 2.55. The van der Waals surface area contributed by atoms with Crippen molar-refractivity contribution in [1.29, 1.82) is 0 Å². The molecule has 1 N–H and O–H groups in total. The Hall–Kier alpha value is -1.59. The molecule has 3 nitrogen and oxygen atoms in total. The smallest absolute Gasteiger partial charge is 0.327 e. The van der Waals surface area contributed by atoms with Crippen molar-refractivity contribution in [2.24, 2.45) is 0 Å². The highest BCUT2D eigenvalue weighted by molar-refractivity contribution is 5.71. The van der Waals surface area contributed by atoms with Crippen LogP contribution in [-0.2, 0) is 12.6 Å². The topological polar surface area (TPSA) is 41.6 Å². The minimum atomic E-state index is -4.37. The first-order chi connectivity index (χ1) is 7.00. The number of alkyl halides is 3. The molecule has 2 aromatic heterocycles. The molecule has 2 heterocycles. The Morgan fingerprint density at radius 1 is 1.40 bits per heavy atom. The van der Waals surface area contributed by atoms with Crippen LogP contribution in [0.5, 0.6) is 0 Å². The van der Waals surface area contributed by atoms with Crippen molar-refractivity contribution in [1.82, 2.24) is 15.0 Å². The Labute approximate surface area is 83.4 Å². The van der Waals surface area contributed by atoms with Gasteiger partial charge in [-0.25, -0.2) is 9.97 Å². The van der Waals surface area contributed by atoms with E-state index >= 15 is 0 Å². The SMILES string of the molecule is CCc1nc2cc(C(F)(F)F)cnc2[nH]1. The number of nitrogens with one attached hydrogen (secondary N) is 1. The molecule has 80 valence electrons. The molecule has 0 spiro atoms. The van der Waals surface area contributed by atoms with Crippen molar-refractivity contribution < 1.29 is 13.2 Å². The van der Waals surface area contributed by atoms with E-state index in [4.69, 9.17) is 0 Å². The van der Waals surface area contributed by atoms with E-state index in [-0.39, 0.29) is 5.52 Å². The number of nitrogens with zero attached hydrogens (tertiary/aromatic N) is 2. The number of hydrogen-bond donors (Lipinski definition) is 1. The number of imidazole rings is 1. The summed E-state index contributed by atoms with van der Waals surface area (Å²) in [6.07, 6.45) is -2.93. The molecule has 0 saturated carbocycles. The Morgan fingerprint density at radius 2 is 2.13 bits per heavy atom. The molecule has 0 atom stereocenters. The maximum Gasteiger partial charge on any atom is 0.417 e. The lowest BCUT2D eigenvalue weighted by molar-refractivity contribution is -0.137. The van der Waals surface area contributed by atoms with Gasteiger partial charge in [0.15, 0.2) is 5.65 Å². The van der Waals surface area contributed by atoms with Crippen molar-refractivity contribution in [3.05, 3.63) is 23.7 Å². The molecular weight excluding hydrogens is 207 g/mol. The average Bonchev–Trinajstić information content (AvgIpc) is 2.57. The van der Waals surface area contributed by atoms with Gasteiger partial charge in [0.05, 0.1) is 5.56 Å². The number of fused-ring (bicyclic) bond motifs is 1. The molecule has 6 heteroatoms. The standard InChI is InChI=1S/C9H8F3N3/c1-2-7-14-6-3-5(9(10,11)12)4-13-8(6)15-7/h3-4H,2H2,1H3,(H,13,14,15). The van der Waals surface area contributed by atoms with Crippen LogP contribution in [0, 0.1) is 0 Å². The molecule has 0 radical (unpaired) electrons. The summed E-state index contributed by atoms with van der Waals surface area (Å²) in [5.74, 6) is 0.636. The summed E-state index contributed by atoms with van der Waals surface area (Å²) in [7, 11) is 0. The van der Waals surface area contributed by atoms with Gasteiger partial charge in [0.2, 0.25) is 0 Å². The summed E-state index contributed by atoms with van der Waals surface area (Å²) in [5, 5.41) is 0. The van der Waals surface area contributed by atoms with Crippen molar-refractivity contribution in [3.63, 3.8) is 0 Å². The fourth-order valence-electron chi connectivity index (χ4n) is 1.27. The summed E-state index contributed by atoms with van der Waals surface area (Å²) in [6, 6.07) is 0.998. The number of aromatic nitrogens is 3. The zero-order valence-electron chi connectivity index (χ0n) is 7.89. The van der Waals surface area contributed by atoms with Crippen LogP contribution in [0.2, 0.25) is 0 Å². The second-order valence-electron chi connectivity index (χ2n) is 3.13. The van der Waals surface area contributed by atoms with E-state index in [9.17, 15) is 13.2 Å². The van der Waals surface area contributed by atoms with E-state index in [1.807, 2.05) is 6.92 Å². The van der Waals surface area contributed by atoms with Gasteiger partial charge in [0.1, 0.15) is 11.3 Å².